The van der Waals surface area contributed by atoms with E-state index in [1.165, 1.54) is 18.4 Å². The highest BCUT2D eigenvalue weighted by Gasteiger charge is 2.30. The van der Waals surface area contributed by atoms with E-state index in [0.717, 1.165) is 0 Å². The van der Waals surface area contributed by atoms with Crippen LogP contribution in [0.15, 0.2) is 34.9 Å². The highest BCUT2D eigenvalue weighted by Crippen LogP contribution is 2.19. The molecule has 2 rings (SSSR count). The van der Waals surface area contributed by atoms with Crippen molar-refractivity contribution in [1.82, 2.24) is 10.3 Å². The third-order valence-electron chi connectivity index (χ3n) is 3.48. The van der Waals surface area contributed by atoms with Gasteiger partial charge >= 0.3 is 5.97 Å². The van der Waals surface area contributed by atoms with Gasteiger partial charge in [0.25, 0.3) is 0 Å². The molecule has 1 aromatic heterocycles. The second-order valence-electron chi connectivity index (χ2n) is 5.00. The lowest BCUT2D eigenvalue weighted by molar-refractivity contribution is -0.144. The number of aliphatic carboxylic acids is 1. The summed E-state index contributed by atoms with van der Waals surface area (Å²) in [5.41, 5.74) is 0.254. The van der Waals surface area contributed by atoms with Gasteiger partial charge in [0, 0.05) is 12.1 Å². The van der Waals surface area contributed by atoms with Crippen molar-refractivity contribution in [2.45, 2.75) is 32.4 Å². The summed E-state index contributed by atoms with van der Waals surface area (Å²) >= 11 is 0. The number of oxazole rings is 1. The molecule has 1 unspecified atom stereocenters. The number of hydrogen-bond acceptors (Lipinski definition) is 4. The smallest absolute Gasteiger partial charge is 0.323 e. The fourth-order valence-electron chi connectivity index (χ4n) is 1.75. The molecule has 0 saturated heterocycles. The molecule has 2 aromatic rings. The number of rotatable bonds is 6. The Balaban J connectivity index is 2.07. The third kappa shape index (κ3) is 3.46. The molecule has 5 nitrogen and oxygen atoms in total. The molecule has 2 N–H and O–H groups in total. The van der Waals surface area contributed by atoms with Crippen molar-refractivity contribution in [3.63, 3.8) is 0 Å². The van der Waals surface area contributed by atoms with Crippen LogP contribution >= 0.6 is 0 Å². The van der Waals surface area contributed by atoms with Crippen molar-refractivity contribution in [3.8, 4) is 11.5 Å². The molecule has 0 amide bonds. The zero-order chi connectivity index (χ0) is 15.5. The number of aromatic nitrogens is 1. The third-order valence-corrected chi connectivity index (χ3v) is 3.48. The van der Waals surface area contributed by atoms with Crippen LogP contribution in [0.3, 0.4) is 0 Å². The Labute approximate surface area is 121 Å². The molecule has 1 heterocycles. The molecule has 0 radical (unpaired) electrons. The molecule has 0 spiro atoms. The first-order valence-corrected chi connectivity index (χ1v) is 6.63. The lowest BCUT2D eigenvalue weighted by Gasteiger charge is -2.23. The Morgan fingerprint density at radius 3 is 2.67 bits per heavy atom. The minimum Gasteiger partial charge on any atom is -0.480 e. The molecule has 0 saturated carbocycles. The number of nitrogens with one attached hydrogen (secondary N) is 1. The van der Waals surface area contributed by atoms with Crippen molar-refractivity contribution in [3.05, 3.63) is 42.0 Å². The lowest BCUT2D eigenvalue weighted by Crippen LogP contribution is -2.48. The number of nitrogens with zero attached hydrogens (tertiary/aromatic N) is 1. The standard InChI is InChI=1S/C15H17FN2O3/c1-3-15(2,14(19)20)17-8-12-9-21-13(18-12)10-4-6-11(16)7-5-10/h4-7,9,17H,3,8H2,1-2H3,(H,19,20). The maximum atomic E-state index is 12.9. The molecule has 0 fully saturated rings. The molecule has 0 aliphatic carbocycles. The first-order valence-electron chi connectivity index (χ1n) is 6.63. The predicted molar refractivity (Wildman–Crippen MR) is 75.1 cm³/mol. The van der Waals surface area contributed by atoms with Crippen LogP contribution in [0.1, 0.15) is 26.0 Å². The summed E-state index contributed by atoms with van der Waals surface area (Å²) in [7, 11) is 0. The van der Waals surface area contributed by atoms with Gasteiger partial charge in [0.15, 0.2) is 0 Å². The predicted octanol–water partition coefficient (Wildman–Crippen LogP) is 2.82. The zero-order valence-electron chi connectivity index (χ0n) is 11.9. The van der Waals surface area contributed by atoms with Crippen molar-refractivity contribution in [2.75, 3.05) is 0 Å². The van der Waals surface area contributed by atoms with E-state index in [1.54, 1.807) is 26.0 Å². The van der Waals surface area contributed by atoms with Gasteiger partial charge in [0.1, 0.15) is 17.6 Å². The topological polar surface area (TPSA) is 75.4 Å². The van der Waals surface area contributed by atoms with Crippen LogP contribution in [0.5, 0.6) is 0 Å². The minimum atomic E-state index is -1.00. The van der Waals surface area contributed by atoms with E-state index < -0.39 is 11.5 Å². The van der Waals surface area contributed by atoms with E-state index >= 15 is 0 Å². The van der Waals surface area contributed by atoms with Gasteiger partial charge in [-0.3, -0.25) is 10.1 Å². The molecule has 6 heteroatoms. The van der Waals surface area contributed by atoms with Gasteiger partial charge in [-0.25, -0.2) is 9.37 Å². The summed E-state index contributed by atoms with van der Waals surface area (Å²) in [4.78, 5) is 15.5. The molecule has 1 atom stereocenters. The molecule has 0 aliphatic heterocycles. The average molecular weight is 292 g/mol. The van der Waals surface area contributed by atoms with Gasteiger partial charge in [-0.15, -0.1) is 0 Å². The number of hydrogen-bond donors (Lipinski definition) is 2. The normalized spacial score (nSPS) is 13.9. The first kappa shape index (κ1) is 15.2. The minimum absolute atomic E-state index is 0.279. The Hall–Kier alpha value is -2.21. The Morgan fingerprint density at radius 1 is 1.43 bits per heavy atom. The summed E-state index contributed by atoms with van der Waals surface area (Å²) in [5.74, 6) is -0.861. The second kappa shape index (κ2) is 6.05. The number of carbonyl (C=O) groups is 1. The van der Waals surface area contributed by atoms with Crippen LogP contribution in [-0.2, 0) is 11.3 Å². The van der Waals surface area contributed by atoms with E-state index in [2.05, 4.69) is 10.3 Å². The number of halogens is 1. The molecule has 112 valence electrons. The van der Waals surface area contributed by atoms with Crippen LogP contribution in [-0.4, -0.2) is 21.6 Å². The Kier molecular flexibility index (Phi) is 4.37. The fraction of sp³-hybridized carbons (Fsp3) is 0.333. The molecule has 1 aromatic carbocycles. The van der Waals surface area contributed by atoms with Gasteiger partial charge in [-0.2, -0.15) is 0 Å². The monoisotopic (exact) mass is 292 g/mol. The van der Waals surface area contributed by atoms with E-state index in [0.29, 0.717) is 23.6 Å². The van der Waals surface area contributed by atoms with Gasteiger partial charge in [0.2, 0.25) is 5.89 Å². The highest BCUT2D eigenvalue weighted by atomic mass is 19.1. The van der Waals surface area contributed by atoms with Crippen LogP contribution in [0.2, 0.25) is 0 Å². The number of carboxylic acids is 1. The van der Waals surface area contributed by atoms with Gasteiger partial charge in [-0.1, -0.05) is 6.92 Å². The van der Waals surface area contributed by atoms with Crippen LogP contribution < -0.4 is 5.32 Å². The molecule has 0 aliphatic rings. The average Bonchev–Trinajstić information content (AvgIpc) is 2.94. The summed E-state index contributed by atoms with van der Waals surface area (Å²) < 4.78 is 18.2. The van der Waals surface area contributed by atoms with Crippen LogP contribution in [0.25, 0.3) is 11.5 Å². The van der Waals surface area contributed by atoms with E-state index in [9.17, 15) is 14.3 Å². The SMILES string of the molecule is CCC(C)(NCc1coc(-c2ccc(F)cc2)n1)C(=O)O. The molecular formula is C15H17FN2O3. The quantitative estimate of drug-likeness (QED) is 0.856. The Morgan fingerprint density at radius 2 is 2.10 bits per heavy atom. The maximum Gasteiger partial charge on any atom is 0.323 e. The zero-order valence-corrected chi connectivity index (χ0v) is 11.9. The van der Waals surface area contributed by atoms with Crippen LogP contribution in [0.4, 0.5) is 4.39 Å². The summed E-state index contributed by atoms with van der Waals surface area (Å²) in [6.45, 7) is 3.70. The largest absolute Gasteiger partial charge is 0.480 e. The van der Waals surface area contributed by atoms with Crippen molar-refractivity contribution in [1.29, 1.82) is 0 Å². The van der Waals surface area contributed by atoms with Gasteiger partial charge < -0.3 is 9.52 Å². The Bertz CT molecular complexity index is 624. The first-order chi connectivity index (χ1) is 9.94. The maximum absolute atomic E-state index is 12.9. The fourth-order valence-corrected chi connectivity index (χ4v) is 1.75. The molecule has 21 heavy (non-hydrogen) atoms. The van der Waals surface area contributed by atoms with Gasteiger partial charge in [-0.05, 0) is 37.6 Å². The summed E-state index contributed by atoms with van der Waals surface area (Å²) in [6.07, 6.45) is 1.91. The van der Waals surface area contributed by atoms with E-state index in [4.69, 9.17) is 4.42 Å². The van der Waals surface area contributed by atoms with E-state index in [1.807, 2.05) is 0 Å². The lowest BCUT2D eigenvalue weighted by atomic mass is 9.99. The van der Waals surface area contributed by atoms with Crippen LogP contribution in [0, 0.1) is 5.82 Å². The highest BCUT2D eigenvalue weighted by molar-refractivity contribution is 5.78. The molecular weight excluding hydrogens is 275 g/mol. The number of carboxylic acid groups (broad SMARTS) is 1. The van der Waals surface area contributed by atoms with Crippen molar-refractivity contribution < 1.29 is 18.7 Å². The van der Waals surface area contributed by atoms with Crippen molar-refractivity contribution in [2.24, 2.45) is 0 Å². The van der Waals surface area contributed by atoms with Crippen molar-refractivity contribution >= 4 is 5.97 Å². The van der Waals surface area contributed by atoms with E-state index in [-0.39, 0.29) is 12.4 Å². The van der Waals surface area contributed by atoms with Gasteiger partial charge in [0.05, 0.1) is 5.69 Å². The summed E-state index contributed by atoms with van der Waals surface area (Å²) in [5, 5.41) is 12.1. The molecule has 0 bridgehead atoms. The number of benzene rings is 1. The summed E-state index contributed by atoms with van der Waals surface area (Å²) in [6, 6.07) is 5.81. The second-order valence-corrected chi connectivity index (χ2v) is 5.00.